The van der Waals surface area contributed by atoms with E-state index in [-0.39, 0.29) is 30.7 Å². The van der Waals surface area contributed by atoms with Crippen molar-refractivity contribution >= 4 is 23.2 Å². The first-order valence-electron chi connectivity index (χ1n) is 8.90. The van der Waals surface area contributed by atoms with Gasteiger partial charge in [-0.25, -0.2) is 4.39 Å². The van der Waals surface area contributed by atoms with E-state index in [9.17, 15) is 14.0 Å². The predicted octanol–water partition coefficient (Wildman–Crippen LogP) is 2.56. The highest BCUT2D eigenvalue weighted by Gasteiger charge is 2.31. The summed E-state index contributed by atoms with van der Waals surface area (Å²) in [6.45, 7) is 2.87. The third-order valence-corrected chi connectivity index (χ3v) is 4.17. The Kier molecular flexibility index (Phi) is 5.90. The lowest BCUT2D eigenvalue weighted by atomic mass is 10.1. The number of fused-ring (bicyclic) bond motifs is 1. The Bertz CT molecular complexity index is 810. The van der Waals surface area contributed by atoms with Crippen LogP contribution in [0.15, 0.2) is 48.5 Å². The number of rotatable bonds is 6. The lowest BCUT2D eigenvalue weighted by Crippen LogP contribution is -2.50. The summed E-state index contributed by atoms with van der Waals surface area (Å²) in [7, 11) is 0. The Morgan fingerprint density at radius 1 is 1.19 bits per heavy atom. The van der Waals surface area contributed by atoms with Crippen LogP contribution in [0.25, 0.3) is 0 Å². The minimum atomic E-state index is -0.690. The number of carbonyl (C=O) groups is 2. The van der Waals surface area contributed by atoms with Gasteiger partial charge in [-0.05, 0) is 42.8 Å². The molecule has 0 radical (unpaired) electrons. The van der Waals surface area contributed by atoms with Crippen LogP contribution in [0.1, 0.15) is 13.3 Å². The van der Waals surface area contributed by atoms with Gasteiger partial charge in [0, 0.05) is 12.2 Å². The SMILES string of the molecule is CCCNC(=O)C1CN(CC(=O)Nc2ccc(F)cc2)c2ccccc2O1. The van der Waals surface area contributed by atoms with E-state index in [1.165, 1.54) is 24.3 Å². The highest BCUT2D eigenvalue weighted by molar-refractivity contribution is 5.94. The second kappa shape index (κ2) is 8.53. The highest BCUT2D eigenvalue weighted by Crippen LogP contribution is 2.33. The molecule has 0 fully saturated rings. The van der Waals surface area contributed by atoms with Crippen molar-refractivity contribution in [2.75, 3.05) is 29.9 Å². The Labute approximate surface area is 157 Å². The molecule has 0 spiro atoms. The Morgan fingerprint density at radius 3 is 2.67 bits per heavy atom. The zero-order valence-corrected chi connectivity index (χ0v) is 15.1. The van der Waals surface area contributed by atoms with E-state index >= 15 is 0 Å². The largest absolute Gasteiger partial charge is 0.477 e. The van der Waals surface area contributed by atoms with Gasteiger partial charge in [-0.15, -0.1) is 0 Å². The first-order chi connectivity index (χ1) is 13.1. The van der Waals surface area contributed by atoms with E-state index in [1.54, 1.807) is 6.07 Å². The van der Waals surface area contributed by atoms with Crippen LogP contribution >= 0.6 is 0 Å². The summed E-state index contributed by atoms with van der Waals surface area (Å²) in [5, 5.41) is 5.56. The molecule has 7 heteroatoms. The van der Waals surface area contributed by atoms with Crippen LogP contribution in [0.4, 0.5) is 15.8 Å². The van der Waals surface area contributed by atoms with Crippen molar-refractivity contribution in [3.63, 3.8) is 0 Å². The molecular weight excluding hydrogens is 349 g/mol. The first-order valence-corrected chi connectivity index (χ1v) is 8.90. The van der Waals surface area contributed by atoms with Crippen LogP contribution in [0.2, 0.25) is 0 Å². The molecule has 2 aromatic rings. The van der Waals surface area contributed by atoms with Gasteiger partial charge < -0.3 is 20.3 Å². The van der Waals surface area contributed by atoms with Crippen molar-refractivity contribution in [3.05, 3.63) is 54.3 Å². The Balaban J connectivity index is 1.71. The van der Waals surface area contributed by atoms with Crippen molar-refractivity contribution in [3.8, 4) is 5.75 Å². The number of amides is 2. The van der Waals surface area contributed by atoms with Gasteiger partial charge in [0.1, 0.15) is 11.6 Å². The molecule has 1 aliphatic heterocycles. The lowest BCUT2D eigenvalue weighted by Gasteiger charge is -2.35. The lowest BCUT2D eigenvalue weighted by molar-refractivity contribution is -0.128. The van der Waals surface area contributed by atoms with Crippen LogP contribution in [-0.4, -0.2) is 37.6 Å². The average molecular weight is 371 g/mol. The molecule has 3 rings (SSSR count). The fraction of sp³-hybridized carbons (Fsp3) is 0.300. The number of carbonyl (C=O) groups excluding carboxylic acids is 2. The van der Waals surface area contributed by atoms with E-state index in [0.29, 0.717) is 18.0 Å². The summed E-state index contributed by atoms with van der Waals surface area (Å²) in [6.07, 6.45) is 0.142. The maximum atomic E-state index is 13.0. The third kappa shape index (κ3) is 4.75. The highest BCUT2D eigenvalue weighted by atomic mass is 19.1. The summed E-state index contributed by atoms with van der Waals surface area (Å²) in [5.74, 6) is -0.257. The molecular formula is C20H22FN3O3. The smallest absolute Gasteiger partial charge is 0.262 e. The molecule has 1 heterocycles. The van der Waals surface area contributed by atoms with E-state index in [4.69, 9.17) is 4.74 Å². The molecule has 2 aromatic carbocycles. The van der Waals surface area contributed by atoms with Gasteiger partial charge in [-0.3, -0.25) is 9.59 Å². The molecule has 2 N–H and O–H groups in total. The molecule has 142 valence electrons. The second-order valence-electron chi connectivity index (χ2n) is 6.30. The van der Waals surface area contributed by atoms with Crippen LogP contribution in [-0.2, 0) is 9.59 Å². The number of hydrogen-bond acceptors (Lipinski definition) is 4. The number of nitrogens with zero attached hydrogens (tertiary/aromatic N) is 1. The number of benzene rings is 2. The molecule has 1 unspecified atom stereocenters. The van der Waals surface area contributed by atoms with Crippen molar-refractivity contribution in [2.45, 2.75) is 19.4 Å². The number of para-hydroxylation sites is 2. The molecule has 1 aliphatic rings. The maximum absolute atomic E-state index is 13.0. The maximum Gasteiger partial charge on any atom is 0.262 e. The minimum Gasteiger partial charge on any atom is -0.477 e. The number of halogens is 1. The second-order valence-corrected chi connectivity index (χ2v) is 6.30. The van der Waals surface area contributed by atoms with Crippen LogP contribution < -0.4 is 20.3 Å². The number of hydrogen-bond donors (Lipinski definition) is 2. The van der Waals surface area contributed by atoms with Gasteiger partial charge in [0.05, 0.1) is 18.8 Å². The zero-order valence-electron chi connectivity index (χ0n) is 15.1. The summed E-state index contributed by atoms with van der Waals surface area (Å²) >= 11 is 0. The number of anilines is 2. The summed E-state index contributed by atoms with van der Waals surface area (Å²) in [4.78, 5) is 26.6. The van der Waals surface area contributed by atoms with Gasteiger partial charge >= 0.3 is 0 Å². The van der Waals surface area contributed by atoms with Crippen molar-refractivity contribution < 1.29 is 18.7 Å². The standard InChI is InChI=1S/C20H22FN3O3/c1-2-11-22-20(26)18-12-24(16-5-3-4-6-17(16)27-18)13-19(25)23-15-9-7-14(21)8-10-15/h3-10,18H,2,11-13H2,1H3,(H,22,26)(H,23,25). The molecule has 6 nitrogen and oxygen atoms in total. The Hall–Kier alpha value is -3.09. The predicted molar refractivity (Wildman–Crippen MR) is 101 cm³/mol. The molecule has 0 aliphatic carbocycles. The van der Waals surface area contributed by atoms with Crippen LogP contribution in [0.5, 0.6) is 5.75 Å². The van der Waals surface area contributed by atoms with Gasteiger partial charge in [0.15, 0.2) is 6.10 Å². The summed E-state index contributed by atoms with van der Waals surface area (Å²) in [6, 6.07) is 12.9. The van der Waals surface area contributed by atoms with Gasteiger partial charge in [0.25, 0.3) is 5.91 Å². The molecule has 0 saturated carbocycles. The molecule has 0 saturated heterocycles. The third-order valence-electron chi connectivity index (χ3n) is 4.17. The summed E-state index contributed by atoms with van der Waals surface area (Å²) in [5.41, 5.74) is 1.27. The van der Waals surface area contributed by atoms with Gasteiger partial charge in [-0.2, -0.15) is 0 Å². The summed E-state index contributed by atoms with van der Waals surface area (Å²) < 4.78 is 18.8. The fourth-order valence-electron chi connectivity index (χ4n) is 2.86. The van der Waals surface area contributed by atoms with Crippen LogP contribution in [0.3, 0.4) is 0 Å². The van der Waals surface area contributed by atoms with Gasteiger partial charge in [0.2, 0.25) is 5.91 Å². The van der Waals surface area contributed by atoms with E-state index in [1.807, 2.05) is 30.0 Å². The topological polar surface area (TPSA) is 70.7 Å². The van der Waals surface area contributed by atoms with Crippen molar-refractivity contribution in [2.24, 2.45) is 0 Å². The molecule has 0 aromatic heterocycles. The molecule has 27 heavy (non-hydrogen) atoms. The molecule has 0 bridgehead atoms. The normalized spacial score (nSPS) is 15.5. The zero-order chi connectivity index (χ0) is 19.2. The number of ether oxygens (including phenoxy) is 1. The molecule has 2 amide bonds. The van der Waals surface area contributed by atoms with E-state index in [2.05, 4.69) is 10.6 Å². The monoisotopic (exact) mass is 371 g/mol. The molecule has 1 atom stereocenters. The Morgan fingerprint density at radius 2 is 1.93 bits per heavy atom. The van der Waals surface area contributed by atoms with E-state index in [0.717, 1.165) is 12.1 Å². The van der Waals surface area contributed by atoms with Crippen molar-refractivity contribution in [1.29, 1.82) is 0 Å². The van der Waals surface area contributed by atoms with Gasteiger partial charge in [-0.1, -0.05) is 19.1 Å². The average Bonchev–Trinajstić information content (AvgIpc) is 2.67. The minimum absolute atomic E-state index is 0.0509. The fourth-order valence-corrected chi connectivity index (χ4v) is 2.86. The first kappa shape index (κ1) is 18.7. The number of nitrogens with one attached hydrogen (secondary N) is 2. The van der Waals surface area contributed by atoms with Crippen molar-refractivity contribution in [1.82, 2.24) is 5.32 Å². The van der Waals surface area contributed by atoms with E-state index < -0.39 is 6.10 Å². The van der Waals surface area contributed by atoms with Crippen LogP contribution in [0, 0.1) is 5.82 Å². The quantitative estimate of drug-likeness (QED) is 0.819.